The van der Waals surface area contributed by atoms with Crippen molar-refractivity contribution >= 4 is 12.1 Å². The summed E-state index contributed by atoms with van der Waals surface area (Å²) < 4.78 is 0.873. The molecule has 1 N–H and O–H groups in total. The first-order valence-corrected chi connectivity index (χ1v) is 12.4. The van der Waals surface area contributed by atoms with Crippen LogP contribution in [0.4, 0.5) is 0 Å². The molecular weight excluding hydrogens is 358 g/mol. The summed E-state index contributed by atoms with van der Waals surface area (Å²) >= 11 is 0. The fourth-order valence-corrected chi connectivity index (χ4v) is 4.58. The number of quaternary nitrogens is 1. The maximum Gasteiger partial charge on any atom is 0.221 e. The van der Waals surface area contributed by atoms with Gasteiger partial charge in [0, 0.05) is 20.3 Å². The quantitative estimate of drug-likeness (QED) is 0.170. The molecule has 0 saturated carbocycles. The molecule has 1 amide bonds. The lowest BCUT2D eigenvalue weighted by atomic mass is 10.1. The molecule has 3 unspecified atom stereocenters. The van der Waals surface area contributed by atoms with Crippen molar-refractivity contribution in [3.63, 3.8) is 0 Å². The number of rotatable bonds is 17. The average molecular weight is 407 g/mol. The predicted molar refractivity (Wildman–Crippen MR) is 126 cm³/mol. The molecule has 4 heteroatoms. The van der Waals surface area contributed by atoms with Gasteiger partial charge in [-0.15, -0.1) is 0 Å². The molecule has 0 bridgehead atoms. The Hall–Kier alpha value is -1.16. The summed E-state index contributed by atoms with van der Waals surface area (Å²) in [5.41, 5.74) is 0. The van der Waals surface area contributed by atoms with Gasteiger partial charge in [0.05, 0.1) is 12.8 Å². The first-order valence-electron chi connectivity index (χ1n) is 12.4. The molecule has 4 nitrogen and oxygen atoms in total. The lowest BCUT2D eigenvalue weighted by Crippen LogP contribution is -2.63. The third-order valence-corrected chi connectivity index (χ3v) is 6.54. The fourth-order valence-electron chi connectivity index (χ4n) is 4.58. The largest absolute Gasteiger partial charge is 0.307 e. The van der Waals surface area contributed by atoms with E-state index in [2.05, 4.69) is 44.5 Å². The van der Waals surface area contributed by atoms with Gasteiger partial charge in [-0.25, -0.2) is 4.99 Å². The molecule has 1 rings (SSSR count). The molecule has 0 aliphatic carbocycles. The van der Waals surface area contributed by atoms with Gasteiger partial charge in [0.2, 0.25) is 5.91 Å². The van der Waals surface area contributed by atoms with Crippen LogP contribution in [0.15, 0.2) is 17.1 Å². The van der Waals surface area contributed by atoms with Crippen LogP contribution in [0.1, 0.15) is 111 Å². The predicted octanol–water partition coefficient (Wildman–Crippen LogP) is 6.36. The summed E-state index contributed by atoms with van der Waals surface area (Å²) in [7, 11) is 0. The summed E-state index contributed by atoms with van der Waals surface area (Å²) in [6.45, 7) is 10.2. The van der Waals surface area contributed by atoms with Crippen LogP contribution in [0.25, 0.3) is 0 Å². The van der Waals surface area contributed by atoms with Crippen LogP contribution in [0.5, 0.6) is 0 Å². The Morgan fingerprint density at radius 1 is 1.03 bits per heavy atom. The first kappa shape index (κ1) is 25.9. The van der Waals surface area contributed by atoms with Gasteiger partial charge in [0.15, 0.2) is 12.3 Å². The van der Waals surface area contributed by atoms with Crippen molar-refractivity contribution in [2.75, 3.05) is 13.1 Å². The second-order valence-electron chi connectivity index (χ2n) is 8.81. The van der Waals surface area contributed by atoms with Crippen LogP contribution in [0.2, 0.25) is 0 Å². The van der Waals surface area contributed by atoms with E-state index in [1.807, 2.05) is 0 Å². The highest BCUT2D eigenvalue weighted by Crippen LogP contribution is 2.27. The van der Waals surface area contributed by atoms with Crippen LogP contribution >= 0.6 is 0 Å². The van der Waals surface area contributed by atoms with E-state index in [1.165, 1.54) is 77.0 Å². The molecule has 3 atom stereocenters. The SMILES string of the molecule is CCCCCCCCC/C=C/CCCCCC1N=CC[N+]1(CC)C(C)NC(C)=O. The highest BCUT2D eigenvalue weighted by atomic mass is 16.1. The molecule has 0 fully saturated rings. The van der Waals surface area contributed by atoms with Crippen molar-refractivity contribution in [3.05, 3.63) is 12.2 Å². The van der Waals surface area contributed by atoms with Crippen molar-refractivity contribution in [1.29, 1.82) is 0 Å². The van der Waals surface area contributed by atoms with Crippen LogP contribution in [-0.4, -0.2) is 42.0 Å². The van der Waals surface area contributed by atoms with Gasteiger partial charge in [-0.05, 0) is 39.0 Å². The van der Waals surface area contributed by atoms with Gasteiger partial charge in [0.25, 0.3) is 0 Å². The lowest BCUT2D eigenvalue weighted by Gasteiger charge is -2.42. The number of aliphatic imine (C=N–C) groups is 1. The van der Waals surface area contributed by atoms with Crippen LogP contribution in [0.3, 0.4) is 0 Å². The number of hydrogen-bond donors (Lipinski definition) is 1. The van der Waals surface area contributed by atoms with E-state index in [0.717, 1.165) is 24.0 Å². The maximum absolute atomic E-state index is 11.5. The van der Waals surface area contributed by atoms with E-state index < -0.39 is 0 Å². The Kier molecular flexibility index (Phi) is 14.0. The maximum atomic E-state index is 11.5. The molecule has 0 spiro atoms. The van der Waals surface area contributed by atoms with Gasteiger partial charge in [-0.1, -0.05) is 64.0 Å². The minimum absolute atomic E-state index is 0.0531. The molecule has 168 valence electrons. The Bertz CT molecular complexity index is 488. The summed E-state index contributed by atoms with van der Waals surface area (Å²) in [6.07, 6.45) is 24.4. The van der Waals surface area contributed by atoms with Crippen molar-refractivity contribution in [1.82, 2.24) is 5.32 Å². The molecule has 0 aromatic rings. The van der Waals surface area contributed by atoms with Gasteiger partial charge < -0.3 is 5.32 Å². The number of hydrogen-bond acceptors (Lipinski definition) is 2. The fraction of sp³-hybridized carbons (Fsp3) is 0.840. The normalized spacial score (nSPS) is 22.4. The van der Waals surface area contributed by atoms with Gasteiger partial charge in [0.1, 0.15) is 6.54 Å². The van der Waals surface area contributed by atoms with Crippen molar-refractivity contribution in [2.24, 2.45) is 4.99 Å². The zero-order chi connectivity index (χ0) is 21.4. The Morgan fingerprint density at radius 3 is 2.21 bits per heavy atom. The van der Waals surface area contributed by atoms with E-state index in [-0.39, 0.29) is 12.1 Å². The minimum Gasteiger partial charge on any atom is -0.307 e. The summed E-state index contributed by atoms with van der Waals surface area (Å²) in [5, 5.41) is 3.10. The Morgan fingerprint density at radius 2 is 1.62 bits per heavy atom. The van der Waals surface area contributed by atoms with E-state index in [0.29, 0.717) is 6.17 Å². The van der Waals surface area contributed by atoms with Gasteiger partial charge >= 0.3 is 0 Å². The number of unbranched alkanes of at least 4 members (excludes halogenated alkanes) is 10. The second kappa shape index (κ2) is 15.6. The smallest absolute Gasteiger partial charge is 0.221 e. The second-order valence-corrected chi connectivity index (χ2v) is 8.81. The Balaban J connectivity index is 2.11. The van der Waals surface area contributed by atoms with E-state index >= 15 is 0 Å². The zero-order valence-electron chi connectivity index (χ0n) is 19.8. The van der Waals surface area contributed by atoms with Crippen LogP contribution in [-0.2, 0) is 4.79 Å². The molecule has 0 saturated heterocycles. The van der Waals surface area contributed by atoms with Gasteiger partial charge in [-0.2, -0.15) is 0 Å². The molecule has 0 aromatic heterocycles. The standard InChI is InChI=1S/C25H47N3O/c1-5-7-8-9-10-11-12-13-14-15-16-17-18-19-20-25-26-21-22-28(25,6-2)23(3)27-24(4)29/h14-15,21,23,25H,5-13,16-20,22H2,1-4H3/p+1/b15-14+. The molecular formula is C25H48N3O+. The Labute approximate surface area is 180 Å². The molecule has 1 aliphatic rings. The van der Waals surface area contributed by atoms with Crippen LogP contribution < -0.4 is 5.32 Å². The van der Waals surface area contributed by atoms with Crippen molar-refractivity contribution in [2.45, 2.75) is 123 Å². The van der Waals surface area contributed by atoms with E-state index in [4.69, 9.17) is 4.99 Å². The minimum atomic E-state index is 0.0531. The third kappa shape index (κ3) is 9.93. The third-order valence-electron chi connectivity index (χ3n) is 6.54. The summed E-state index contributed by atoms with van der Waals surface area (Å²) in [5.74, 6) is 0.0531. The first-order chi connectivity index (χ1) is 14.1. The zero-order valence-corrected chi connectivity index (χ0v) is 19.8. The number of allylic oxidation sites excluding steroid dienone is 2. The average Bonchev–Trinajstić information content (AvgIpc) is 3.12. The lowest BCUT2D eigenvalue weighted by molar-refractivity contribution is -0.959. The summed E-state index contributed by atoms with van der Waals surface area (Å²) in [4.78, 5) is 16.3. The number of carbonyl (C=O) groups is 1. The van der Waals surface area contributed by atoms with Crippen LogP contribution in [0, 0.1) is 0 Å². The molecule has 0 aromatic carbocycles. The summed E-state index contributed by atoms with van der Waals surface area (Å²) in [6, 6.07) is 0. The number of nitrogens with zero attached hydrogens (tertiary/aromatic N) is 2. The molecule has 1 heterocycles. The molecule has 1 aliphatic heterocycles. The number of carbonyl (C=O) groups excluding carboxylic acids is 1. The number of nitrogens with one attached hydrogen (secondary N) is 1. The topological polar surface area (TPSA) is 41.5 Å². The van der Waals surface area contributed by atoms with Crippen molar-refractivity contribution < 1.29 is 9.28 Å². The molecule has 0 radical (unpaired) electrons. The number of amides is 1. The van der Waals surface area contributed by atoms with Crippen molar-refractivity contribution in [3.8, 4) is 0 Å². The van der Waals surface area contributed by atoms with Gasteiger partial charge in [-0.3, -0.25) is 9.28 Å². The monoisotopic (exact) mass is 406 g/mol. The van der Waals surface area contributed by atoms with E-state index in [9.17, 15) is 4.79 Å². The molecule has 29 heavy (non-hydrogen) atoms. The highest BCUT2D eigenvalue weighted by Gasteiger charge is 2.42. The highest BCUT2D eigenvalue weighted by molar-refractivity contribution is 5.73. The van der Waals surface area contributed by atoms with E-state index in [1.54, 1.807) is 6.92 Å².